The molecule has 2 nitrogen and oxygen atoms in total. The Kier molecular flexibility index (Phi) is 9.46. The monoisotopic (exact) mass is 197 g/mol. The lowest BCUT2D eigenvalue weighted by Crippen LogP contribution is -2.04. The highest BCUT2D eigenvalue weighted by molar-refractivity contribution is 5.28. The summed E-state index contributed by atoms with van der Waals surface area (Å²) in [7, 11) is 1.65. The van der Waals surface area contributed by atoms with Gasteiger partial charge in [-0.1, -0.05) is 33.4 Å². The molecule has 0 aliphatic carbocycles. The molecule has 1 rings (SSSR count). The number of hydrogen-bond acceptors (Lipinski definition) is 2. The first-order chi connectivity index (χ1) is 6.24. The van der Waals surface area contributed by atoms with E-state index >= 15 is 0 Å². The first kappa shape index (κ1) is 15.5. The highest BCUT2D eigenvalue weighted by Gasteiger charge is 1.97. The normalized spacial score (nSPS) is 10.4. The van der Waals surface area contributed by atoms with Gasteiger partial charge in [0.15, 0.2) is 0 Å². The number of hydrogen-bond donors (Lipinski definition) is 1. The number of methoxy groups -OCH3 is 1. The highest BCUT2D eigenvalue weighted by Crippen LogP contribution is 2.14. The topological polar surface area (TPSA) is 35.2 Å². The third kappa shape index (κ3) is 4.87. The second kappa shape index (κ2) is 8.57. The smallest absolute Gasteiger partial charge is 0.118 e. The summed E-state index contributed by atoms with van der Waals surface area (Å²) in [5.74, 6) is 0.870. The summed E-state index contributed by atoms with van der Waals surface area (Å²) in [6.07, 6.45) is 0. The number of benzene rings is 1. The molecule has 0 aliphatic heterocycles. The minimum atomic E-state index is 0. The zero-order valence-corrected chi connectivity index (χ0v) is 8.87. The molecule has 14 heavy (non-hydrogen) atoms. The van der Waals surface area contributed by atoms with Crippen molar-refractivity contribution >= 4 is 0 Å². The Bertz CT molecular complexity index is 216. The van der Waals surface area contributed by atoms with E-state index in [2.05, 4.69) is 0 Å². The zero-order valence-electron chi connectivity index (χ0n) is 8.87. The molecule has 0 saturated heterocycles. The molecule has 0 bridgehead atoms. The average molecular weight is 197 g/mol. The van der Waals surface area contributed by atoms with Gasteiger partial charge in [0.2, 0.25) is 0 Å². The van der Waals surface area contributed by atoms with Gasteiger partial charge in [-0.25, -0.2) is 0 Å². The van der Waals surface area contributed by atoms with Gasteiger partial charge in [-0.05, 0) is 24.6 Å². The van der Waals surface area contributed by atoms with Crippen LogP contribution in [0.3, 0.4) is 0 Å². The Labute approximate surface area is 88.1 Å². The lowest BCUT2D eigenvalue weighted by atomic mass is 10.1. The Balaban J connectivity index is 0. The van der Waals surface area contributed by atoms with Gasteiger partial charge < -0.3 is 10.5 Å². The first-order valence-corrected chi connectivity index (χ1v) is 4.63. The van der Waals surface area contributed by atoms with E-state index in [0.29, 0.717) is 0 Å². The second-order valence-corrected chi connectivity index (χ2v) is 2.56. The number of rotatable bonds is 2. The Hall–Kier alpha value is -1.02. The maximum atomic E-state index is 5.66. The van der Waals surface area contributed by atoms with Gasteiger partial charge >= 0.3 is 0 Å². The van der Waals surface area contributed by atoms with Crippen LogP contribution in [0.2, 0.25) is 0 Å². The van der Waals surface area contributed by atoms with Crippen molar-refractivity contribution in [2.24, 2.45) is 5.73 Å². The molecule has 0 fully saturated rings. The molecule has 1 aromatic carbocycles. The lowest BCUT2D eigenvalue weighted by molar-refractivity contribution is 0.414. The molecule has 0 unspecified atom stereocenters. The fraction of sp³-hybridized carbons (Fsp3) is 0.500. The summed E-state index contributed by atoms with van der Waals surface area (Å²) < 4.78 is 5.01. The number of nitrogens with two attached hydrogens (primary N) is 1. The summed E-state index contributed by atoms with van der Waals surface area (Å²) in [4.78, 5) is 0. The molecule has 2 heteroatoms. The van der Waals surface area contributed by atoms with Crippen LogP contribution in [-0.2, 0) is 0 Å². The molecule has 0 radical (unpaired) electrons. The van der Waals surface area contributed by atoms with E-state index in [9.17, 15) is 0 Å². The zero-order chi connectivity index (χ0) is 10.3. The SMILES string of the molecule is C.CC.COc1ccc([C@@H](C)N)cc1. The van der Waals surface area contributed by atoms with E-state index in [1.165, 1.54) is 0 Å². The van der Waals surface area contributed by atoms with Crippen LogP contribution in [0.5, 0.6) is 5.75 Å². The van der Waals surface area contributed by atoms with E-state index in [1.54, 1.807) is 7.11 Å². The minimum Gasteiger partial charge on any atom is -0.497 e. The third-order valence-corrected chi connectivity index (χ3v) is 1.64. The quantitative estimate of drug-likeness (QED) is 0.789. The standard InChI is InChI=1S/C9H13NO.C2H6.CH4/c1-7(10)8-3-5-9(11-2)6-4-8;1-2;/h3-7H,10H2,1-2H3;1-2H3;1H4/t7-;;/m1../s1. The van der Waals surface area contributed by atoms with Gasteiger partial charge in [0.1, 0.15) is 5.75 Å². The van der Waals surface area contributed by atoms with E-state index in [1.807, 2.05) is 45.0 Å². The molecule has 1 atom stereocenters. The van der Waals surface area contributed by atoms with E-state index < -0.39 is 0 Å². The van der Waals surface area contributed by atoms with Crippen LogP contribution in [0.4, 0.5) is 0 Å². The maximum Gasteiger partial charge on any atom is 0.118 e. The van der Waals surface area contributed by atoms with Crippen LogP contribution >= 0.6 is 0 Å². The molecule has 0 saturated carbocycles. The van der Waals surface area contributed by atoms with Gasteiger partial charge in [0.25, 0.3) is 0 Å². The van der Waals surface area contributed by atoms with Crippen molar-refractivity contribution in [3.8, 4) is 5.75 Å². The average Bonchev–Trinajstić information content (AvgIpc) is 2.21. The van der Waals surface area contributed by atoms with Gasteiger partial charge in [0.05, 0.1) is 7.11 Å². The molecular weight excluding hydrogens is 174 g/mol. The highest BCUT2D eigenvalue weighted by atomic mass is 16.5. The van der Waals surface area contributed by atoms with Crippen molar-refractivity contribution in [1.82, 2.24) is 0 Å². The molecule has 0 aromatic heterocycles. The predicted molar refractivity (Wildman–Crippen MR) is 63.7 cm³/mol. The van der Waals surface area contributed by atoms with E-state index in [4.69, 9.17) is 10.5 Å². The third-order valence-electron chi connectivity index (χ3n) is 1.64. The maximum absolute atomic E-state index is 5.66. The van der Waals surface area contributed by atoms with Crippen LogP contribution < -0.4 is 10.5 Å². The molecule has 1 aromatic rings. The molecular formula is C12H23NO. The lowest BCUT2D eigenvalue weighted by Gasteiger charge is -2.05. The van der Waals surface area contributed by atoms with Gasteiger partial charge in [-0.3, -0.25) is 0 Å². The fourth-order valence-electron chi connectivity index (χ4n) is 0.907. The summed E-state index contributed by atoms with van der Waals surface area (Å²) in [6.45, 7) is 5.96. The van der Waals surface area contributed by atoms with Crippen molar-refractivity contribution in [1.29, 1.82) is 0 Å². The minimum absolute atomic E-state index is 0. The van der Waals surface area contributed by atoms with E-state index in [0.717, 1.165) is 11.3 Å². The second-order valence-electron chi connectivity index (χ2n) is 2.56. The predicted octanol–water partition coefficient (Wildman–Crippen LogP) is 3.38. The van der Waals surface area contributed by atoms with Gasteiger partial charge in [0, 0.05) is 6.04 Å². The molecule has 0 amide bonds. The van der Waals surface area contributed by atoms with Gasteiger partial charge in [-0.15, -0.1) is 0 Å². The van der Waals surface area contributed by atoms with Crippen LogP contribution in [0, 0.1) is 0 Å². The molecule has 82 valence electrons. The fourth-order valence-corrected chi connectivity index (χ4v) is 0.907. The Morgan fingerprint density at radius 2 is 1.57 bits per heavy atom. The number of ether oxygens (including phenoxy) is 1. The van der Waals surface area contributed by atoms with Crippen LogP contribution in [0.25, 0.3) is 0 Å². The van der Waals surface area contributed by atoms with Crippen LogP contribution in [0.1, 0.15) is 39.8 Å². The first-order valence-electron chi connectivity index (χ1n) is 4.63. The van der Waals surface area contributed by atoms with Crippen molar-refractivity contribution in [2.45, 2.75) is 34.2 Å². The molecule has 0 heterocycles. The summed E-state index contributed by atoms with van der Waals surface area (Å²) >= 11 is 0. The molecule has 2 N–H and O–H groups in total. The summed E-state index contributed by atoms with van der Waals surface area (Å²) in [6, 6.07) is 7.88. The van der Waals surface area contributed by atoms with Gasteiger partial charge in [-0.2, -0.15) is 0 Å². The largest absolute Gasteiger partial charge is 0.497 e. The van der Waals surface area contributed by atoms with E-state index in [-0.39, 0.29) is 13.5 Å². The van der Waals surface area contributed by atoms with Crippen molar-refractivity contribution in [3.63, 3.8) is 0 Å². The summed E-state index contributed by atoms with van der Waals surface area (Å²) in [5, 5.41) is 0. The molecule has 0 spiro atoms. The summed E-state index contributed by atoms with van der Waals surface area (Å²) in [5.41, 5.74) is 6.79. The van der Waals surface area contributed by atoms with Crippen LogP contribution in [0.15, 0.2) is 24.3 Å². The van der Waals surface area contributed by atoms with Crippen molar-refractivity contribution in [2.75, 3.05) is 7.11 Å². The van der Waals surface area contributed by atoms with Crippen molar-refractivity contribution in [3.05, 3.63) is 29.8 Å². The molecule has 0 aliphatic rings. The Morgan fingerprint density at radius 3 is 1.86 bits per heavy atom. The van der Waals surface area contributed by atoms with Crippen molar-refractivity contribution < 1.29 is 4.74 Å². The Morgan fingerprint density at radius 1 is 1.14 bits per heavy atom. The van der Waals surface area contributed by atoms with Crippen LogP contribution in [-0.4, -0.2) is 7.11 Å².